The van der Waals surface area contributed by atoms with Gasteiger partial charge in [-0.25, -0.2) is 0 Å². The highest BCUT2D eigenvalue weighted by Gasteiger charge is 2.49. The van der Waals surface area contributed by atoms with E-state index in [0.29, 0.717) is 5.92 Å². The SMILES string of the molecule is COc1ccc2c(c1)C1(C)CC(=Cc3ccoc3)C(=O)C(C)C1CC2. The van der Waals surface area contributed by atoms with Gasteiger partial charge in [-0.15, -0.1) is 0 Å². The van der Waals surface area contributed by atoms with Crippen LogP contribution in [-0.2, 0) is 16.6 Å². The van der Waals surface area contributed by atoms with E-state index in [4.69, 9.17) is 9.15 Å². The van der Waals surface area contributed by atoms with E-state index in [1.165, 1.54) is 11.1 Å². The molecule has 0 N–H and O–H groups in total. The second kappa shape index (κ2) is 5.91. The minimum Gasteiger partial charge on any atom is -0.497 e. The molecule has 0 radical (unpaired) electrons. The Morgan fingerprint density at radius 3 is 2.88 bits per heavy atom. The third kappa shape index (κ3) is 2.53. The molecule has 0 aliphatic heterocycles. The van der Waals surface area contributed by atoms with Crippen molar-refractivity contribution in [1.29, 1.82) is 0 Å². The van der Waals surface area contributed by atoms with E-state index < -0.39 is 0 Å². The maximum Gasteiger partial charge on any atom is 0.162 e. The van der Waals surface area contributed by atoms with E-state index in [1.807, 2.05) is 18.2 Å². The van der Waals surface area contributed by atoms with E-state index in [0.717, 1.165) is 36.1 Å². The molecule has 3 unspecified atom stereocenters. The topological polar surface area (TPSA) is 39.4 Å². The van der Waals surface area contributed by atoms with Crippen LogP contribution < -0.4 is 4.74 Å². The standard InChI is InChI=1S/C22H24O3/c1-14-19-7-5-16-4-6-18(24-3)11-20(16)22(19,2)12-17(21(14)23)10-15-8-9-25-13-15/h4,6,8-11,13-14,19H,5,7,12H2,1-3H3. The number of Topliss-reactive ketones (excluding diaryl/α,β-unsaturated/α-hetero) is 1. The summed E-state index contributed by atoms with van der Waals surface area (Å²) < 4.78 is 10.6. The highest BCUT2D eigenvalue weighted by molar-refractivity contribution is 6.02. The molecule has 25 heavy (non-hydrogen) atoms. The van der Waals surface area contributed by atoms with Crippen molar-refractivity contribution in [2.45, 2.75) is 38.5 Å². The van der Waals surface area contributed by atoms with Crippen LogP contribution in [-0.4, -0.2) is 12.9 Å². The Balaban J connectivity index is 1.81. The van der Waals surface area contributed by atoms with Crippen molar-refractivity contribution in [3.63, 3.8) is 0 Å². The first-order valence-corrected chi connectivity index (χ1v) is 8.97. The lowest BCUT2D eigenvalue weighted by atomic mass is 9.54. The van der Waals surface area contributed by atoms with Gasteiger partial charge < -0.3 is 9.15 Å². The Labute approximate surface area is 148 Å². The summed E-state index contributed by atoms with van der Waals surface area (Å²) >= 11 is 0. The summed E-state index contributed by atoms with van der Waals surface area (Å²) in [6.45, 7) is 4.42. The lowest BCUT2D eigenvalue weighted by Gasteiger charge is -2.49. The van der Waals surface area contributed by atoms with Crippen molar-refractivity contribution in [1.82, 2.24) is 0 Å². The largest absolute Gasteiger partial charge is 0.497 e. The van der Waals surface area contributed by atoms with Gasteiger partial charge in [0.1, 0.15) is 5.75 Å². The number of methoxy groups -OCH3 is 1. The third-order valence-electron chi connectivity index (χ3n) is 6.25. The molecule has 1 aromatic heterocycles. The van der Waals surface area contributed by atoms with Crippen molar-refractivity contribution in [3.05, 3.63) is 59.1 Å². The minimum absolute atomic E-state index is 0.0367. The smallest absolute Gasteiger partial charge is 0.162 e. The molecule has 4 rings (SSSR count). The second-order valence-electron chi connectivity index (χ2n) is 7.64. The number of aryl methyl sites for hydroxylation is 1. The monoisotopic (exact) mass is 336 g/mol. The van der Waals surface area contributed by atoms with Crippen molar-refractivity contribution < 1.29 is 13.9 Å². The van der Waals surface area contributed by atoms with Gasteiger partial charge in [-0.2, -0.15) is 0 Å². The fourth-order valence-corrected chi connectivity index (χ4v) is 4.93. The Morgan fingerprint density at radius 1 is 1.32 bits per heavy atom. The van der Waals surface area contributed by atoms with Gasteiger partial charge >= 0.3 is 0 Å². The average molecular weight is 336 g/mol. The van der Waals surface area contributed by atoms with Crippen molar-refractivity contribution >= 4 is 11.9 Å². The Bertz CT molecular complexity index is 831. The number of allylic oxidation sites excluding steroid dienone is 1. The van der Waals surface area contributed by atoms with Crippen LogP contribution >= 0.6 is 0 Å². The molecular formula is C22H24O3. The number of fused-ring (bicyclic) bond motifs is 3. The zero-order valence-electron chi connectivity index (χ0n) is 15.0. The normalized spacial score (nSPS) is 30.0. The molecule has 0 bridgehead atoms. The molecule has 1 aromatic carbocycles. The fraction of sp³-hybridized carbons (Fsp3) is 0.409. The molecule has 2 aromatic rings. The van der Waals surface area contributed by atoms with Crippen LogP contribution in [0.25, 0.3) is 6.08 Å². The lowest BCUT2D eigenvalue weighted by molar-refractivity contribution is -0.123. The number of ketones is 1. The molecular weight excluding hydrogens is 312 g/mol. The maximum atomic E-state index is 13.0. The molecule has 1 heterocycles. The molecule has 2 aliphatic rings. The minimum atomic E-state index is -0.0367. The van der Waals surface area contributed by atoms with Gasteiger partial charge in [0.2, 0.25) is 0 Å². The molecule has 1 saturated carbocycles. The lowest BCUT2D eigenvalue weighted by Crippen LogP contribution is -2.47. The molecule has 130 valence electrons. The van der Waals surface area contributed by atoms with Crippen LogP contribution in [0, 0.1) is 11.8 Å². The maximum absolute atomic E-state index is 13.0. The zero-order chi connectivity index (χ0) is 17.6. The molecule has 3 atom stereocenters. The number of carbonyl (C=O) groups is 1. The van der Waals surface area contributed by atoms with Gasteiger partial charge in [0.15, 0.2) is 5.78 Å². The predicted molar refractivity (Wildman–Crippen MR) is 97.6 cm³/mol. The van der Waals surface area contributed by atoms with Crippen LogP contribution in [0.15, 0.2) is 46.8 Å². The van der Waals surface area contributed by atoms with Gasteiger partial charge in [-0.05, 0) is 66.2 Å². The number of ether oxygens (including phenoxy) is 1. The van der Waals surface area contributed by atoms with Crippen LogP contribution in [0.5, 0.6) is 5.75 Å². The summed E-state index contributed by atoms with van der Waals surface area (Å²) in [4.78, 5) is 13.0. The molecule has 2 aliphatic carbocycles. The molecule has 1 fully saturated rings. The number of hydrogen-bond acceptors (Lipinski definition) is 3. The van der Waals surface area contributed by atoms with Crippen LogP contribution in [0.3, 0.4) is 0 Å². The zero-order valence-corrected chi connectivity index (χ0v) is 15.0. The predicted octanol–water partition coefficient (Wildman–Crippen LogP) is 4.80. The quantitative estimate of drug-likeness (QED) is 0.740. The average Bonchev–Trinajstić information content (AvgIpc) is 3.12. The molecule has 3 nitrogen and oxygen atoms in total. The van der Waals surface area contributed by atoms with Crippen molar-refractivity contribution in [2.75, 3.05) is 7.11 Å². The first-order chi connectivity index (χ1) is 12.0. The first-order valence-electron chi connectivity index (χ1n) is 8.97. The van der Waals surface area contributed by atoms with E-state index in [9.17, 15) is 4.79 Å². The summed E-state index contributed by atoms with van der Waals surface area (Å²) in [5.74, 6) is 1.60. The number of benzene rings is 1. The van der Waals surface area contributed by atoms with Crippen molar-refractivity contribution in [2.24, 2.45) is 11.8 Å². The third-order valence-corrected chi connectivity index (χ3v) is 6.25. The highest BCUT2D eigenvalue weighted by atomic mass is 16.5. The summed E-state index contributed by atoms with van der Waals surface area (Å²) in [5.41, 5.74) is 4.57. The molecule has 0 spiro atoms. The number of furan rings is 1. The van der Waals surface area contributed by atoms with Gasteiger partial charge in [-0.3, -0.25) is 4.79 Å². The van der Waals surface area contributed by atoms with E-state index in [2.05, 4.69) is 26.0 Å². The van der Waals surface area contributed by atoms with E-state index in [1.54, 1.807) is 19.6 Å². The van der Waals surface area contributed by atoms with Crippen LogP contribution in [0.1, 0.15) is 43.4 Å². The first kappa shape index (κ1) is 16.2. The summed E-state index contributed by atoms with van der Waals surface area (Å²) in [7, 11) is 1.71. The number of carbonyl (C=O) groups excluding carboxylic acids is 1. The second-order valence-corrected chi connectivity index (χ2v) is 7.64. The summed E-state index contributed by atoms with van der Waals surface area (Å²) in [5, 5.41) is 0. The number of rotatable bonds is 2. The summed E-state index contributed by atoms with van der Waals surface area (Å²) in [6.07, 6.45) is 8.22. The van der Waals surface area contributed by atoms with Gasteiger partial charge in [0, 0.05) is 16.9 Å². The molecule has 3 heteroatoms. The number of hydrogen-bond donors (Lipinski definition) is 0. The fourth-order valence-electron chi connectivity index (χ4n) is 4.93. The van der Waals surface area contributed by atoms with Crippen LogP contribution in [0.4, 0.5) is 0 Å². The molecule has 0 saturated heterocycles. The highest BCUT2D eigenvalue weighted by Crippen LogP contribution is 2.53. The van der Waals surface area contributed by atoms with E-state index >= 15 is 0 Å². The van der Waals surface area contributed by atoms with Gasteiger partial charge in [0.25, 0.3) is 0 Å². The van der Waals surface area contributed by atoms with Crippen molar-refractivity contribution in [3.8, 4) is 5.75 Å². The van der Waals surface area contributed by atoms with Gasteiger partial charge in [-0.1, -0.05) is 19.9 Å². The Morgan fingerprint density at radius 2 is 2.16 bits per heavy atom. The summed E-state index contributed by atoms with van der Waals surface area (Å²) in [6, 6.07) is 8.31. The van der Waals surface area contributed by atoms with E-state index in [-0.39, 0.29) is 17.1 Å². The van der Waals surface area contributed by atoms with Crippen LogP contribution in [0.2, 0.25) is 0 Å². The van der Waals surface area contributed by atoms with Gasteiger partial charge in [0.05, 0.1) is 19.6 Å². The molecule has 0 amide bonds. The Kier molecular flexibility index (Phi) is 3.82. The Hall–Kier alpha value is -2.29.